The molecule has 0 radical (unpaired) electrons. The Labute approximate surface area is 154 Å². The summed E-state index contributed by atoms with van der Waals surface area (Å²) in [7, 11) is 0. The molecule has 0 aromatic heterocycles. The van der Waals surface area contributed by atoms with E-state index in [1.165, 1.54) is 0 Å². The van der Waals surface area contributed by atoms with Crippen molar-refractivity contribution in [2.75, 3.05) is 12.5 Å². The molecule has 0 spiro atoms. The molecule has 0 bridgehead atoms. The van der Waals surface area contributed by atoms with Gasteiger partial charge in [0.05, 0.1) is 0 Å². The minimum atomic E-state index is -0.445. The summed E-state index contributed by atoms with van der Waals surface area (Å²) in [6.07, 6.45) is 0. The van der Waals surface area contributed by atoms with Crippen molar-refractivity contribution < 1.29 is 19.1 Å². The lowest BCUT2D eigenvalue weighted by molar-refractivity contribution is -0.124. The molecule has 1 fully saturated rings. The molecule has 0 aliphatic carbocycles. The SMILES string of the molecule is O=C(NCc1ccc2c(c1)OCO2)[C@H]1CS[C@@H]2c3ccccc3C(=O)N12. The molecule has 2 aromatic rings. The Morgan fingerprint density at radius 1 is 1.19 bits per heavy atom. The lowest BCUT2D eigenvalue weighted by Crippen LogP contribution is -2.45. The molecule has 5 rings (SSSR count). The van der Waals surface area contributed by atoms with E-state index in [1.54, 1.807) is 16.7 Å². The van der Waals surface area contributed by atoms with Gasteiger partial charge >= 0.3 is 0 Å². The van der Waals surface area contributed by atoms with E-state index in [4.69, 9.17) is 9.47 Å². The highest BCUT2D eigenvalue weighted by Gasteiger charge is 2.48. The van der Waals surface area contributed by atoms with Gasteiger partial charge < -0.3 is 19.7 Å². The van der Waals surface area contributed by atoms with Gasteiger partial charge in [0.2, 0.25) is 12.7 Å². The molecule has 2 aromatic carbocycles. The lowest BCUT2D eigenvalue weighted by atomic mass is 10.1. The Hall–Kier alpha value is -2.67. The topological polar surface area (TPSA) is 67.9 Å². The lowest BCUT2D eigenvalue weighted by Gasteiger charge is -2.22. The monoisotopic (exact) mass is 368 g/mol. The highest BCUT2D eigenvalue weighted by atomic mass is 32.2. The van der Waals surface area contributed by atoms with Gasteiger partial charge in [-0.25, -0.2) is 0 Å². The van der Waals surface area contributed by atoms with Gasteiger partial charge in [-0.3, -0.25) is 9.59 Å². The Balaban J connectivity index is 1.29. The Kier molecular flexibility index (Phi) is 3.56. The number of ether oxygens (including phenoxy) is 2. The summed E-state index contributed by atoms with van der Waals surface area (Å²) in [5.41, 5.74) is 2.65. The van der Waals surface area contributed by atoms with E-state index in [2.05, 4.69) is 5.32 Å². The smallest absolute Gasteiger partial charge is 0.256 e. The maximum absolute atomic E-state index is 12.7. The fraction of sp³-hybridized carbons (Fsp3) is 0.263. The zero-order chi connectivity index (χ0) is 17.7. The van der Waals surface area contributed by atoms with Crippen LogP contribution in [0.5, 0.6) is 11.5 Å². The number of nitrogens with one attached hydrogen (secondary N) is 1. The largest absolute Gasteiger partial charge is 0.454 e. The van der Waals surface area contributed by atoms with Crippen LogP contribution in [-0.2, 0) is 11.3 Å². The average molecular weight is 368 g/mol. The second-order valence-corrected chi connectivity index (χ2v) is 7.52. The highest BCUT2D eigenvalue weighted by molar-refractivity contribution is 7.99. The van der Waals surface area contributed by atoms with Crippen molar-refractivity contribution in [3.63, 3.8) is 0 Å². The fourth-order valence-corrected chi connectivity index (χ4v) is 5.07. The van der Waals surface area contributed by atoms with Crippen molar-refractivity contribution in [1.82, 2.24) is 10.2 Å². The molecule has 0 saturated carbocycles. The van der Waals surface area contributed by atoms with Crippen LogP contribution in [0.1, 0.15) is 26.9 Å². The zero-order valence-electron chi connectivity index (χ0n) is 13.8. The maximum atomic E-state index is 12.7. The number of nitrogens with zero attached hydrogens (tertiary/aromatic N) is 1. The molecule has 26 heavy (non-hydrogen) atoms. The molecule has 2 amide bonds. The molecular formula is C19H16N2O4S. The van der Waals surface area contributed by atoms with E-state index >= 15 is 0 Å². The third-order valence-electron chi connectivity index (χ3n) is 4.90. The number of fused-ring (bicyclic) bond motifs is 4. The van der Waals surface area contributed by atoms with E-state index in [0.717, 1.165) is 16.9 Å². The minimum absolute atomic E-state index is 0.0556. The van der Waals surface area contributed by atoms with Gasteiger partial charge in [-0.15, -0.1) is 11.8 Å². The molecule has 3 heterocycles. The molecular weight excluding hydrogens is 352 g/mol. The van der Waals surface area contributed by atoms with Gasteiger partial charge in [0, 0.05) is 17.9 Å². The first-order valence-electron chi connectivity index (χ1n) is 8.42. The predicted octanol–water partition coefficient (Wildman–Crippen LogP) is 2.30. The zero-order valence-corrected chi connectivity index (χ0v) is 14.6. The average Bonchev–Trinajstić information content (AvgIpc) is 3.36. The van der Waals surface area contributed by atoms with Crippen molar-refractivity contribution in [3.8, 4) is 11.5 Å². The van der Waals surface area contributed by atoms with Gasteiger partial charge in [-0.2, -0.15) is 0 Å². The predicted molar refractivity (Wildman–Crippen MR) is 96.0 cm³/mol. The number of thioether (sulfide) groups is 1. The second-order valence-electron chi connectivity index (χ2n) is 6.41. The van der Waals surface area contributed by atoms with Crippen LogP contribution in [0.2, 0.25) is 0 Å². The van der Waals surface area contributed by atoms with Crippen molar-refractivity contribution in [2.45, 2.75) is 18.0 Å². The molecule has 0 unspecified atom stereocenters. The van der Waals surface area contributed by atoms with Crippen LogP contribution in [0.3, 0.4) is 0 Å². The normalized spacial score (nSPS) is 22.3. The second kappa shape index (κ2) is 5.95. The number of rotatable bonds is 3. The number of benzene rings is 2. The minimum Gasteiger partial charge on any atom is -0.454 e. The van der Waals surface area contributed by atoms with Crippen molar-refractivity contribution >= 4 is 23.6 Å². The van der Waals surface area contributed by atoms with Gasteiger partial charge in [0.1, 0.15) is 11.4 Å². The van der Waals surface area contributed by atoms with Gasteiger partial charge in [-0.1, -0.05) is 24.3 Å². The van der Waals surface area contributed by atoms with E-state index in [0.29, 0.717) is 23.6 Å². The number of hydrogen-bond acceptors (Lipinski definition) is 5. The first kappa shape index (κ1) is 15.6. The van der Waals surface area contributed by atoms with Gasteiger partial charge in [0.15, 0.2) is 11.5 Å². The summed E-state index contributed by atoms with van der Waals surface area (Å²) < 4.78 is 10.7. The summed E-state index contributed by atoms with van der Waals surface area (Å²) in [4.78, 5) is 27.1. The number of hydrogen-bond donors (Lipinski definition) is 1. The van der Waals surface area contributed by atoms with Crippen molar-refractivity contribution in [3.05, 3.63) is 59.2 Å². The third kappa shape index (κ3) is 2.34. The standard InChI is InChI=1S/C19H16N2O4S/c22-17(20-8-11-5-6-15-16(7-11)25-10-24-15)14-9-26-19-13-4-2-1-3-12(13)18(23)21(14)19/h1-7,14,19H,8-10H2,(H,20,22)/t14-,19-/m1/s1. The fourth-order valence-electron chi connectivity index (χ4n) is 3.60. The number of amides is 2. The third-order valence-corrected chi connectivity index (χ3v) is 6.20. The molecule has 1 saturated heterocycles. The van der Waals surface area contributed by atoms with Crippen LogP contribution in [0.25, 0.3) is 0 Å². The van der Waals surface area contributed by atoms with Crippen LogP contribution in [0, 0.1) is 0 Å². The summed E-state index contributed by atoms with van der Waals surface area (Å²) in [6.45, 7) is 0.611. The summed E-state index contributed by atoms with van der Waals surface area (Å²) in [5, 5.41) is 2.89. The van der Waals surface area contributed by atoms with Crippen molar-refractivity contribution in [1.29, 1.82) is 0 Å². The van der Waals surface area contributed by atoms with Gasteiger partial charge in [-0.05, 0) is 29.3 Å². The number of carbonyl (C=O) groups is 2. The van der Waals surface area contributed by atoms with Crippen LogP contribution < -0.4 is 14.8 Å². The Morgan fingerprint density at radius 3 is 2.96 bits per heavy atom. The summed E-state index contributed by atoms with van der Waals surface area (Å²) in [6, 6.07) is 12.8. The van der Waals surface area contributed by atoms with E-state index < -0.39 is 6.04 Å². The molecule has 7 heteroatoms. The van der Waals surface area contributed by atoms with Crippen LogP contribution in [0.4, 0.5) is 0 Å². The number of carbonyl (C=O) groups excluding carboxylic acids is 2. The van der Waals surface area contributed by atoms with E-state index in [-0.39, 0.29) is 24.0 Å². The summed E-state index contributed by atoms with van der Waals surface area (Å²) in [5.74, 6) is 1.84. The van der Waals surface area contributed by atoms with Crippen LogP contribution in [0.15, 0.2) is 42.5 Å². The Bertz CT molecular complexity index is 916. The molecule has 1 N–H and O–H groups in total. The van der Waals surface area contributed by atoms with Crippen molar-refractivity contribution in [2.24, 2.45) is 0 Å². The molecule has 2 atom stereocenters. The summed E-state index contributed by atoms with van der Waals surface area (Å²) >= 11 is 1.64. The molecule has 132 valence electrons. The van der Waals surface area contributed by atoms with Crippen LogP contribution in [-0.4, -0.2) is 35.3 Å². The van der Waals surface area contributed by atoms with E-state index in [9.17, 15) is 9.59 Å². The molecule has 3 aliphatic rings. The first-order valence-corrected chi connectivity index (χ1v) is 9.47. The van der Waals surface area contributed by atoms with Crippen LogP contribution >= 0.6 is 11.8 Å². The Morgan fingerprint density at radius 2 is 2.04 bits per heavy atom. The molecule has 3 aliphatic heterocycles. The maximum Gasteiger partial charge on any atom is 0.256 e. The molecule has 6 nitrogen and oxygen atoms in total. The first-order chi connectivity index (χ1) is 12.7. The van der Waals surface area contributed by atoms with E-state index in [1.807, 2.05) is 42.5 Å². The van der Waals surface area contributed by atoms with Gasteiger partial charge in [0.25, 0.3) is 5.91 Å². The highest BCUT2D eigenvalue weighted by Crippen LogP contribution is 2.48. The quantitative estimate of drug-likeness (QED) is 0.900.